The molecule has 2 aromatic heterocycles. The molecule has 0 radical (unpaired) electrons. The van der Waals surface area contributed by atoms with Crippen molar-refractivity contribution >= 4 is 22.9 Å². The monoisotopic (exact) mass is 318 g/mol. The smallest absolute Gasteiger partial charge is 0.226 e. The molecular weight excluding hydrogens is 288 g/mol. The van der Waals surface area contributed by atoms with Crippen LogP contribution in [-0.2, 0) is 6.54 Å². The van der Waals surface area contributed by atoms with Gasteiger partial charge in [0.2, 0.25) is 5.95 Å². The second-order valence-corrected chi connectivity index (χ2v) is 6.04. The van der Waals surface area contributed by atoms with Crippen LogP contribution < -0.4 is 11.1 Å². The summed E-state index contributed by atoms with van der Waals surface area (Å²) in [6.07, 6.45) is 12.3. The SMILES string of the molecule is CCCCCCCCCCNc1nc(N)c2ncn(CC)c2n1. The fourth-order valence-electron chi connectivity index (χ4n) is 2.74. The number of unbranched alkanes of at least 4 members (excludes halogenated alkanes) is 7. The molecule has 0 amide bonds. The van der Waals surface area contributed by atoms with Gasteiger partial charge in [-0.25, -0.2) is 4.98 Å². The van der Waals surface area contributed by atoms with Gasteiger partial charge in [-0.15, -0.1) is 0 Å². The predicted molar refractivity (Wildman–Crippen MR) is 96.5 cm³/mol. The van der Waals surface area contributed by atoms with Crippen LogP contribution in [0.25, 0.3) is 11.2 Å². The topological polar surface area (TPSA) is 81.6 Å². The maximum Gasteiger partial charge on any atom is 0.226 e. The number of rotatable bonds is 11. The van der Waals surface area contributed by atoms with Gasteiger partial charge >= 0.3 is 0 Å². The molecule has 0 aliphatic carbocycles. The summed E-state index contributed by atoms with van der Waals surface area (Å²) in [5.74, 6) is 1.05. The van der Waals surface area contributed by atoms with Crippen LogP contribution in [0, 0.1) is 0 Å². The Labute approximate surface area is 138 Å². The fourth-order valence-corrected chi connectivity index (χ4v) is 2.74. The second-order valence-electron chi connectivity index (χ2n) is 6.04. The third kappa shape index (κ3) is 5.08. The van der Waals surface area contributed by atoms with Crippen LogP contribution in [0.4, 0.5) is 11.8 Å². The Hall–Kier alpha value is -1.85. The number of imidazole rings is 1. The average molecular weight is 318 g/mol. The number of anilines is 2. The number of aryl methyl sites for hydroxylation is 1. The van der Waals surface area contributed by atoms with E-state index in [0.29, 0.717) is 17.3 Å². The Balaban J connectivity index is 1.72. The number of hydrogen-bond donors (Lipinski definition) is 2. The molecule has 2 rings (SSSR count). The zero-order chi connectivity index (χ0) is 16.5. The summed E-state index contributed by atoms with van der Waals surface area (Å²) in [5.41, 5.74) is 7.46. The van der Waals surface area contributed by atoms with E-state index in [-0.39, 0.29) is 0 Å². The largest absolute Gasteiger partial charge is 0.382 e. The number of nitrogens with two attached hydrogens (primary N) is 1. The van der Waals surface area contributed by atoms with Gasteiger partial charge in [-0.05, 0) is 13.3 Å². The summed E-state index contributed by atoms with van der Waals surface area (Å²) in [4.78, 5) is 13.1. The molecule has 2 aromatic rings. The number of nitrogens with one attached hydrogen (secondary N) is 1. The van der Waals surface area contributed by atoms with E-state index in [1.165, 1.54) is 44.9 Å². The molecule has 6 heteroatoms. The minimum atomic E-state index is 0.445. The van der Waals surface area contributed by atoms with Crippen molar-refractivity contribution in [3.05, 3.63) is 6.33 Å². The highest BCUT2D eigenvalue weighted by Crippen LogP contribution is 2.18. The van der Waals surface area contributed by atoms with Crippen LogP contribution in [0.3, 0.4) is 0 Å². The van der Waals surface area contributed by atoms with E-state index >= 15 is 0 Å². The third-order valence-electron chi connectivity index (χ3n) is 4.14. The van der Waals surface area contributed by atoms with Crippen molar-refractivity contribution < 1.29 is 0 Å². The van der Waals surface area contributed by atoms with Gasteiger partial charge in [-0.2, -0.15) is 9.97 Å². The number of fused-ring (bicyclic) bond motifs is 1. The summed E-state index contributed by atoms with van der Waals surface area (Å²) in [6, 6.07) is 0. The van der Waals surface area contributed by atoms with Crippen LogP contribution in [0.15, 0.2) is 6.33 Å². The highest BCUT2D eigenvalue weighted by molar-refractivity contribution is 5.82. The molecule has 0 bridgehead atoms. The molecule has 0 fully saturated rings. The molecule has 128 valence electrons. The molecule has 0 unspecified atom stereocenters. The van der Waals surface area contributed by atoms with Gasteiger partial charge in [0.05, 0.1) is 6.33 Å². The van der Waals surface area contributed by atoms with Gasteiger partial charge in [0.15, 0.2) is 11.5 Å². The molecular formula is C17H30N6. The summed E-state index contributed by atoms with van der Waals surface area (Å²) < 4.78 is 1.98. The summed E-state index contributed by atoms with van der Waals surface area (Å²) >= 11 is 0. The van der Waals surface area contributed by atoms with E-state index < -0.39 is 0 Å². The maximum absolute atomic E-state index is 5.97. The maximum atomic E-state index is 5.97. The lowest BCUT2D eigenvalue weighted by Gasteiger charge is -2.07. The van der Waals surface area contributed by atoms with Crippen LogP contribution in [-0.4, -0.2) is 26.1 Å². The molecule has 2 heterocycles. The van der Waals surface area contributed by atoms with Crippen molar-refractivity contribution in [2.24, 2.45) is 0 Å². The molecule has 0 spiro atoms. The Kier molecular flexibility index (Phi) is 7.10. The van der Waals surface area contributed by atoms with E-state index in [9.17, 15) is 0 Å². The lowest BCUT2D eigenvalue weighted by Crippen LogP contribution is -2.08. The molecule has 0 saturated carbocycles. The van der Waals surface area contributed by atoms with Crippen molar-refractivity contribution in [1.82, 2.24) is 19.5 Å². The van der Waals surface area contributed by atoms with Crippen LogP contribution >= 0.6 is 0 Å². The molecule has 0 aliphatic heterocycles. The zero-order valence-electron chi connectivity index (χ0n) is 14.5. The third-order valence-corrected chi connectivity index (χ3v) is 4.14. The van der Waals surface area contributed by atoms with Crippen molar-refractivity contribution in [3.63, 3.8) is 0 Å². The second kappa shape index (κ2) is 9.33. The molecule has 0 saturated heterocycles. The lowest BCUT2D eigenvalue weighted by molar-refractivity contribution is 0.581. The molecule has 0 aromatic carbocycles. The number of hydrogen-bond acceptors (Lipinski definition) is 5. The van der Waals surface area contributed by atoms with Gasteiger partial charge in [0.1, 0.15) is 5.52 Å². The Morgan fingerprint density at radius 1 is 1.00 bits per heavy atom. The average Bonchev–Trinajstić information content (AvgIpc) is 2.97. The minimum absolute atomic E-state index is 0.445. The summed E-state index contributed by atoms with van der Waals surface area (Å²) in [7, 11) is 0. The van der Waals surface area contributed by atoms with E-state index in [2.05, 4.69) is 34.1 Å². The number of nitrogen functional groups attached to an aromatic ring is 1. The minimum Gasteiger partial charge on any atom is -0.382 e. The molecule has 0 atom stereocenters. The van der Waals surface area contributed by atoms with Gasteiger partial charge in [0, 0.05) is 13.1 Å². The zero-order valence-corrected chi connectivity index (χ0v) is 14.5. The number of aromatic nitrogens is 4. The Bertz CT molecular complexity index is 592. The summed E-state index contributed by atoms with van der Waals surface area (Å²) in [6.45, 7) is 6.03. The summed E-state index contributed by atoms with van der Waals surface area (Å²) in [5, 5.41) is 3.29. The van der Waals surface area contributed by atoms with Crippen molar-refractivity contribution in [2.45, 2.75) is 71.8 Å². The van der Waals surface area contributed by atoms with Crippen LogP contribution in [0.1, 0.15) is 65.2 Å². The van der Waals surface area contributed by atoms with Gasteiger partial charge in [0.25, 0.3) is 0 Å². The normalized spacial score (nSPS) is 11.2. The molecule has 23 heavy (non-hydrogen) atoms. The first-order chi connectivity index (χ1) is 11.3. The standard InChI is InChI=1S/C17H30N6/c1-3-5-6-7-8-9-10-11-12-19-17-21-15(18)14-16(22-17)23(4-2)13-20-14/h13H,3-12H2,1-2H3,(H3,18,19,21,22). The van der Waals surface area contributed by atoms with Crippen molar-refractivity contribution in [1.29, 1.82) is 0 Å². The van der Waals surface area contributed by atoms with Crippen molar-refractivity contribution in [2.75, 3.05) is 17.6 Å². The molecule has 3 N–H and O–H groups in total. The van der Waals surface area contributed by atoms with E-state index in [1.54, 1.807) is 6.33 Å². The van der Waals surface area contributed by atoms with Gasteiger partial charge < -0.3 is 15.6 Å². The highest BCUT2D eigenvalue weighted by atomic mass is 15.2. The highest BCUT2D eigenvalue weighted by Gasteiger charge is 2.10. The first-order valence-corrected chi connectivity index (χ1v) is 8.98. The van der Waals surface area contributed by atoms with E-state index in [0.717, 1.165) is 25.2 Å². The van der Waals surface area contributed by atoms with Crippen LogP contribution in [0.2, 0.25) is 0 Å². The van der Waals surface area contributed by atoms with Gasteiger partial charge in [-0.1, -0.05) is 51.9 Å². The predicted octanol–water partition coefficient (Wildman–Crippen LogP) is 3.98. The number of nitrogens with zero attached hydrogens (tertiary/aromatic N) is 4. The molecule has 0 aliphatic rings. The molecule has 6 nitrogen and oxygen atoms in total. The quantitative estimate of drug-likeness (QED) is 0.612. The van der Waals surface area contributed by atoms with E-state index in [4.69, 9.17) is 5.73 Å². The first kappa shape index (κ1) is 17.5. The van der Waals surface area contributed by atoms with E-state index in [1.807, 2.05) is 4.57 Å². The Morgan fingerprint density at radius 2 is 1.70 bits per heavy atom. The van der Waals surface area contributed by atoms with Crippen molar-refractivity contribution in [3.8, 4) is 0 Å². The van der Waals surface area contributed by atoms with Gasteiger partial charge in [-0.3, -0.25) is 0 Å². The Morgan fingerprint density at radius 3 is 2.39 bits per heavy atom. The van der Waals surface area contributed by atoms with Crippen LogP contribution in [0.5, 0.6) is 0 Å². The fraction of sp³-hybridized carbons (Fsp3) is 0.706. The first-order valence-electron chi connectivity index (χ1n) is 8.98. The lowest BCUT2D eigenvalue weighted by atomic mass is 10.1.